The second kappa shape index (κ2) is 7.99. The molecule has 0 radical (unpaired) electrons. The maximum absolute atomic E-state index is 5.82. The van der Waals surface area contributed by atoms with Crippen LogP contribution >= 0.6 is 0 Å². The molecule has 124 valence electrons. The van der Waals surface area contributed by atoms with E-state index in [9.17, 15) is 0 Å². The van der Waals surface area contributed by atoms with Gasteiger partial charge < -0.3 is 20.3 Å². The number of ether oxygens (including phenoxy) is 1. The summed E-state index contributed by atoms with van der Waals surface area (Å²) < 4.78 is 5.82. The Morgan fingerprint density at radius 3 is 2.57 bits per heavy atom. The number of aliphatic imine (C=N–C) groups is 1. The molecule has 2 N–H and O–H groups in total. The molecule has 1 rings (SSSR count). The third-order valence-corrected chi connectivity index (χ3v) is 3.68. The maximum Gasteiger partial charge on any atom is 0.191 e. The van der Waals surface area contributed by atoms with E-state index in [2.05, 4.69) is 57.3 Å². The van der Waals surface area contributed by atoms with Crippen LogP contribution in [0.25, 0.3) is 0 Å². The van der Waals surface area contributed by atoms with Gasteiger partial charge >= 0.3 is 0 Å². The molecule has 0 bridgehead atoms. The third kappa shape index (κ3) is 7.14. The van der Waals surface area contributed by atoms with Crippen LogP contribution in [-0.4, -0.2) is 63.3 Å². The summed E-state index contributed by atoms with van der Waals surface area (Å²) >= 11 is 0. The zero-order valence-electron chi connectivity index (χ0n) is 14.8. The van der Waals surface area contributed by atoms with Crippen molar-refractivity contribution in [2.45, 2.75) is 46.1 Å². The second-order valence-electron chi connectivity index (χ2n) is 7.35. The van der Waals surface area contributed by atoms with Crippen molar-refractivity contribution in [3.8, 4) is 0 Å². The van der Waals surface area contributed by atoms with Gasteiger partial charge in [0.2, 0.25) is 0 Å². The van der Waals surface area contributed by atoms with E-state index in [1.54, 1.807) is 0 Å². The molecule has 0 aromatic carbocycles. The van der Waals surface area contributed by atoms with E-state index in [1.165, 1.54) is 0 Å². The topological polar surface area (TPSA) is 48.9 Å². The summed E-state index contributed by atoms with van der Waals surface area (Å²) in [5.74, 6) is 0.890. The maximum atomic E-state index is 5.82. The molecule has 1 fully saturated rings. The second-order valence-corrected chi connectivity index (χ2v) is 7.35. The molecule has 5 heteroatoms. The van der Waals surface area contributed by atoms with E-state index in [0.717, 1.165) is 51.6 Å². The Bertz CT molecular complexity index is 333. The van der Waals surface area contributed by atoms with Gasteiger partial charge in [-0.1, -0.05) is 13.8 Å². The molecule has 1 unspecified atom stereocenters. The van der Waals surface area contributed by atoms with Crippen LogP contribution < -0.4 is 10.6 Å². The molecule has 0 aromatic heterocycles. The van der Waals surface area contributed by atoms with Crippen molar-refractivity contribution in [2.24, 2.45) is 10.4 Å². The van der Waals surface area contributed by atoms with E-state index in [1.807, 2.05) is 0 Å². The molecule has 0 spiro atoms. The van der Waals surface area contributed by atoms with Crippen molar-refractivity contribution in [1.82, 2.24) is 15.5 Å². The minimum Gasteiger partial charge on any atom is -0.373 e. The zero-order chi connectivity index (χ0) is 15.9. The van der Waals surface area contributed by atoms with Gasteiger partial charge in [-0.3, -0.25) is 4.99 Å². The number of nitrogens with one attached hydrogen (secondary N) is 2. The van der Waals surface area contributed by atoms with Gasteiger partial charge in [0.15, 0.2) is 5.96 Å². The van der Waals surface area contributed by atoms with E-state index >= 15 is 0 Å². The van der Waals surface area contributed by atoms with Crippen molar-refractivity contribution < 1.29 is 4.74 Å². The Morgan fingerprint density at radius 2 is 2.05 bits per heavy atom. The summed E-state index contributed by atoms with van der Waals surface area (Å²) in [6, 6.07) is 0. The molecule has 1 aliphatic heterocycles. The lowest BCUT2D eigenvalue weighted by Crippen LogP contribution is -2.46. The van der Waals surface area contributed by atoms with Gasteiger partial charge in [0.25, 0.3) is 0 Å². The van der Waals surface area contributed by atoms with Crippen molar-refractivity contribution in [3.63, 3.8) is 0 Å². The predicted molar refractivity (Wildman–Crippen MR) is 89.9 cm³/mol. The Hall–Kier alpha value is -0.810. The van der Waals surface area contributed by atoms with Crippen molar-refractivity contribution in [2.75, 3.05) is 46.9 Å². The van der Waals surface area contributed by atoms with Gasteiger partial charge in [-0.05, 0) is 46.2 Å². The molecule has 5 nitrogen and oxygen atoms in total. The lowest BCUT2D eigenvalue weighted by atomic mass is 9.93. The van der Waals surface area contributed by atoms with E-state index in [4.69, 9.17) is 9.73 Å². The summed E-state index contributed by atoms with van der Waals surface area (Å²) in [7, 11) is 4.21. The summed E-state index contributed by atoms with van der Waals surface area (Å²) in [6.07, 6.45) is 2.27. The van der Waals surface area contributed by atoms with Gasteiger partial charge in [0, 0.05) is 32.8 Å². The molecule has 1 atom stereocenters. The highest BCUT2D eigenvalue weighted by molar-refractivity contribution is 5.79. The van der Waals surface area contributed by atoms with Crippen LogP contribution in [0.4, 0.5) is 0 Å². The summed E-state index contributed by atoms with van der Waals surface area (Å²) in [5, 5.41) is 6.75. The van der Waals surface area contributed by atoms with Gasteiger partial charge in [0.05, 0.1) is 5.60 Å². The smallest absolute Gasteiger partial charge is 0.191 e. The van der Waals surface area contributed by atoms with Crippen LogP contribution in [0.2, 0.25) is 0 Å². The van der Waals surface area contributed by atoms with Crippen LogP contribution in [0.1, 0.15) is 40.5 Å². The van der Waals surface area contributed by atoms with Crippen LogP contribution in [0, 0.1) is 5.41 Å². The highest BCUT2D eigenvalue weighted by Crippen LogP contribution is 2.23. The number of hydrogen-bond donors (Lipinski definition) is 2. The fraction of sp³-hybridized carbons (Fsp3) is 0.938. The summed E-state index contributed by atoms with van der Waals surface area (Å²) in [6.45, 7) is 13.2. The first kappa shape index (κ1) is 18.2. The van der Waals surface area contributed by atoms with E-state index in [-0.39, 0.29) is 11.0 Å². The number of nitrogens with zero attached hydrogens (tertiary/aromatic N) is 2. The molecule has 0 amide bonds. The summed E-state index contributed by atoms with van der Waals surface area (Å²) in [5.41, 5.74) is 0.120. The fourth-order valence-electron chi connectivity index (χ4n) is 2.79. The van der Waals surface area contributed by atoms with Crippen molar-refractivity contribution in [3.05, 3.63) is 0 Å². The fourth-order valence-corrected chi connectivity index (χ4v) is 2.79. The predicted octanol–water partition coefficient (Wildman–Crippen LogP) is 1.70. The van der Waals surface area contributed by atoms with Gasteiger partial charge in [-0.2, -0.15) is 0 Å². The van der Waals surface area contributed by atoms with Crippen LogP contribution in [0.5, 0.6) is 0 Å². The average molecular weight is 298 g/mol. The first-order valence-electron chi connectivity index (χ1n) is 8.07. The lowest BCUT2D eigenvalue weighted by Gasteiger charge is -2.28. The summed E-state index contributed by atoms with van der Waals surface area (Å²) in [4.78, 5) is 6.95. The third-order valence-electron chi connectivity index (χ3n) is 3.68. The van der Waals surface area contributed by atoms with Crippen molar-refractivity contribution >= 4 is 5.96 Å². The highest BCUT2D eigenvalue weighted by atomic mass is 16.5. The normalized spacial score (nSPS) is 23.7. The van der Waals surface area contributed by atoms with Gasteiger partial charge in [0.1, 0.15) is 0 Å². The molecule has 1 aliphatic rings. The molecular formula is C16H34N4O. The number of rotatable bonds is 7. The first-order chi connectivity index (χ1) is 9.76. The molecule has 0 aliphatic carbocycles. The quantitative estimate of drug-likeness (QED) is 0.555. The Kier molecular flexibility index (Phi) is 6.94. The largest absolute Gasteiger partial charge is 0.373 e. The minimum absolute atomic E-state index is 0.0463. The Labute approximate surface area is 130 Å². The lowest BCUT2D eigenvalue weighted by molar-refractivity contribution is 0.0242. The number of hydrogen-bond acceptors (Lipinski definition) is 3. The Morgan fingerprint density at radius 1 is 1.33 bits per heavy atom. The SMILES string of the molecule is CCNC(=NCC(C)(C)CN(C)C)NCC1(C)CCCO1. The molecule has 21 heavy (non-hydrogen) atoms. The van der Waals surface area contributed by atoms with Crippen LogP contribution in [0.15, 0.2) is 4.99 Å². The highest BCUT2D eigenvalue weighted by Gasteiger charge is 2.29. The van der Waals surface area contributed by atoms with Crippen LogP contribution in [-0.2, 0) is 4.74 Å². The molecule has 1 saturated heterocycles. The monoisotopic (exact) mass is 298 g/mol. The number of guanidine groups is 1. The van der Waals surface area contributed by atoms with Gasteiger partial charge in [-0.15, -0.1) is 0 Å². The zero-order valence-corrected chi connectivity index (χ0v) is 14.8. The van der Waals surface area contributed by atoms with Crippen molar-refractivity contribution in [1.29, 1.82) is 0 Å². The first-order valence-corrected chi connectivity index (χ1v) is 8.07. The molecular weight excluding hydrogens is 264 g/mol. The van der Waals surface area contributed by atoms with Crippen LogP contribution in [0.3, 0.4) is 0 Å². The van der Waals surface area contributed by atoms with E-state index < -0.39 is 0 Å². The minimum atomic E-state index is -0.0463. The average Bonchev–Trinajstić information content (AvgIpc) is 2.79. The van der Waals surface area contributed by atoms with E-state index in [0.29, 0.717) is 0 Å². The molecule has 0 aromatic rings. The molecule has 0 saturated carbocycles. The van der Waals surface area contributed by atoms with Gasteiger partial charge in [-0.25, -0.2) is 0 Å². The molecule has 1 heterocycles. The Balaban J connectivity index is 2.53. The standard InChI is InChI=1S/C16H34N4O/c1-7-17-14(18-11-15(2,3)13-20(5)6)19-12-16(4)9-8-10-21-16/h7-13H2,1-6H3,(H2,17,18,19).